The fourth-order valence-electron chi connectivity index (χ4n) is 1.04. The van der Waals surface area contributed by atoms with E-state index in [0.717, 1.165) is 11.1 Å². The van der Waals surface area contributed by atoms with Crippen LogP contribution >= 0.6 is 0 Å². The Morgan fingerprint density at radius 1 is 0.611 bits per heavy atom. The molecule has 0 atom stereocenters. The molecule has 0 saturated heterocycles. The fourth-order valence-corrected chi connectivity index (χ4v) is 1.04. The summed E-state index contributed by atoms with van der Waals surface area (Å²) >= 11 is 0. The van der Waals surface area contributed by atoms with Crippen LogP contribution < -0.4 is 0 Å². The van der Waals surface area contributed by atoms with Gasteiger partial charge in [0.2, 0.25) is 0 Å². The summed E-state index contributed by atoms with van der Waals surface area (Å²) in [5, 5.41) is 0. The topological polar surface area (TPSA) is 0 Å². The van der Waals surface area contributed by atoms with Gasteiger partial charge in [0.25, 0.3) is 0 Å². The van der Waals surface area contributed by atoms with Crippen LogP contribution in [0.2, 0.25) is 0 Å². The SMILES string of the molecule is [C-]#Cc1ccccc1.[C-]#Cc1ccccc1.[Cu+2].[Li]. The molecular weight excluding hydrogens is 263 g/mol. The van der Waals surface area contributed by atoms with Crippen molar-refractivity contribution in [3.05, 3.63) is 84.6 Å². The van der Waals surface area contributed by atoms with E-state index >= 15 is 0 Å². The van der Waals surface area contributed by atoms with Crippen LogP contribution in [0, 0.1) is 24.7 Å². The Hall–Kier alpha value is -1.32. The Morgan fingerprint density at radius 2 is 0.889 bits per heavy atom. The minimum Gasteiger partial charge on any atom is -0.366 e. The molecule has 0 amide bonds. The van der Waals surface area contributed by atoms with Crippen LogP contribution in [0.1, 0.15) is 11.1 Å². The van der Waals surface area contributed by atoms with Crippen molar-refractivity contribution in [3.8, 4) is 11.8 Å². The molecule has 86 valence electrons. The van der Waals surface area contributed by atoms with Gasteiger partial charge in [0, 0.05) is 18.9 Å². The quantitative estimate of drug-likeness (QED) is 0.393. The third-order valence-corrected chi connectivity index (χ3v) is 1.84. The first kappa shape index (κ1) is 19.0. The van der Waals surface area contributed by atoms with E-state index in [1.807, 2.05) is 60.7 Å². The first-order valence-electron chi connectivity index (χ1n) is 4.82. The van der Waals surface area contributed by atoms with E-state index < -0.39 is 0 Å². The zero-order valence-corrected chi connectivity index (χ0v) is 11.0. The minimum atomic E-state index is 0. The van der Waals surface area contributed by atoms with E-state index in [0.29, 0.717) is 0 Å². The molecule has 0 aliphatic rings. The van der Waals surface area contributed by atoms with Crippen LogP contribution in [0.4, 0.5) is 0 Å². The van der Waals surface area contributed by atoms with Crippen LogP contribution in [0.5, 0.6) is 0 Å². The first-order chi connectivity index (χ1) is 7.86. The van der Waals surface area contributed by atoms with Crippen LogP contribution in [-0.4, -0.2) is 18.9 Å². The van der Waals surface area contributed by atoms with Crippen LogP contribution in [0.25, 0.3) is 0 Å². The molecule has 2 aromatic rings. The average Bonchev–Trinajstić information content (AvgIpc) is 2.41. The molecule has 0 nitrogen and oxygen atoms in total. The van der Waals surface area contributed by atoms with E-state index in [4.69, 9.17) is 12.8 Å². The van der Waals surface area contributed by atoms with Gasteiger partial charge in [-0.2, -0.15) is 0 Å². The fraction of sp³-hybridized carbons (Fsp3) is 0. The van der Waals surface area contributed by atoms with E-state index in [2.05, 4.69) is 11.8 Å². The summed E-state index contributed by atoms with van der Waals surface area (Å²) < 4.78 is 0. The van der Waals surface area contributed by atoms with Crippen molar-refractivity contribution >= 4 is 18.9 Å². The number of benzene rings is 2. The summed E-state index contributed by atoms with van der Waals surface area (Å²) in [7, 11) is 0. The Morgan fingerprint density at radius 3 is 1.06 bits per heavy atom. The monoisotopic (exact) mass is 272 g/mol. The third-order valence-electron chi connectivity index (χ3n) is 1.84. The molecule has 0 saturated carbocycles. The summed E-state index contributed by atoms with van der Waals surface area (Å²) in [6, 6.07) is 18.7. The van der Waals surface area contributed by atoms with Gasteiger partial charge in [0.1, 0.15) is 0 Å². The number of rotatable bonds is 0. The van der Waals surface area contributed by atoms with Gasteiger partial charge in [-0.3, -0.25) is 11.8 Å². The second kappa shape index (κ2) is 12.1. The van der Waals surface area contributed by atoms with Crippen LogP contribution in [0.15, 0.2) is 60.7 Å². The molecule has 0 bridgehead atoms. The summed E-state index contributed by atoms with van der Waals surface area (Å²) in [6.45, 7) is 0. The van der Waals surface area contributed by atoms with E-state index in [1.165, 1.54) is 0 Å². The van der Waals surface area contributed by atoms with Gasteiger partial charge < -0.3 is 12.8 Å². The molecule has 0 heterocycles. The molecule has 2 radical (unpaired) electrons. The maximum absolute atomic E-state index is 6.69. The van der Waals surface area contributed by atoms with Crippen molar-refractivity contribution in [2.45, 2.75) is 0 Å². The molecule has 2 heteroatoms. The van der Waals surface area contributed by atoms with Gasteiger partial charge in [-0.05, 0) is 0 Å². The van der Waals surface area contributed by atoms with Crippen molar-refractivity contribution in [3.63, 3.8) is 0 Å². The van der Waals surface area contributed by atoms with Crippen LogP contribution in [0.3, 0.4) is 0 Å². The van der Waals surface area contributed by atoms with Crippen molar-refractivity contribution in [1.82, 2.24) is 0 Å². The smallest absolute Gasteiger partial charge is 0.366 e. The maximum atomic E-state index is 6.69. The standard InChI is InChI=1S/2C8H5.Cu.Li/c2*1-2-8-6-4-3-5-7-8;;/h2*3-7H;;/q2*-1;+2;. The van der Waals surface area contributed by atoms with Gasteiger partial charge in [0.05, 0.1) is 0 Å². The normalized spacial score (nSPS) is 7.00. The average molecular weight is 273 g/mol. The molecule has 2 rings (SSSR count). The molecule has 0 N–H and O–H groups in total. The van der Waals surface area contributed by atoms with Crippen molar-refractivity contribution in [2.75, 3.05) is 0 Å². The molecule has 0 fully saturated rings. The molecular formula is C16H10CuLi. The molecule has 0 spiro atoms. The first-order valence-corrected chi connectivity index (χ1v) is 4.82. The minimum absolute atomic E-state index is 0. The number of hydrogen-bond donors (Lipinski definition) is 0. The van der Waals surface area contributed by atoms with Gasteiger partial charge in [-0.1, -0.05) is 36.4 Å². The third kappa shape index (κ3) is 7.87. The zero-order valence-electron chi connectivity index (χ0n) is 10.1. The second-order valence-electron chi connectivity index (χ2n) is 2.98. The van der Waals surface area contributed by atoms with Crippen LogP contribution in [-0.2, 0) is 17.1 Å². The molecule has 0 aliphatic heterocycles. The van der Waals surface area contributed by atoms with Gasteiger partial charge in [0.15, 0.2) is 0 Å². The van der Waals surface area contributed by atoms with Gasteiger partial charge >= 0.3 is 17.1 Å². The molecule has 0 aromatic heterocycles. The predicted molar refractivity (Wildman–Crippen MR) is 71.1 cm³/mol. The van der Waals surface area contributed by atoms with Gasteiger partial charge in [-0.25, -0.2) is 0 Å². The van der Waals surface area contributed by atoms with Gasteiger partial charge in [-0.15, -0.1) is 35.4 Å². The summed E-state index contributed by atoms with van der Waals surface area (Å²) in [4.78, 5) is 0. The second-order valence-corrected chi connectivity index (χ2v) is 2.98. The largest absolute Gasteiger partial charge is 2.00 e. The summed E-state index contributed by atoms with van der Waals surface area (Å²) in [5.41, 5.74) is 1.65. The maximum Gasteiger partial charge on any atom is 2.00 e. The Bertz CT molecular complexity index is 443. The Balaban J connectivity index is 0. The van der Waals surface area contributed by atoms with E-state index in [1.54, 1.807) is 0 Å². The summed E-state index contributed by atoms with van der Waals surface area (Å²) in [6.07, 6.45) is 13.4. The predicted octanol–water partition coefficient (Wildman–Crippen LogP) is 2.87. The zero-order chi connectivity index (χ0) is 11.6. The number of hydrogen-bond acceptors (Lipinski definition) is 0. The molecule has 2 aromatic carbocycles. The molecule has 0 aliphatic carbocycles. The Labute approximate surface area is 132 Å². The summed E-state index contributed by atoms with van der Waals surface area (Å²) in [5.74, 6) is 4.55. The molecule has 18 heavy (non-hydrogen) atoms. The van der Waals surface area contributed by atoms with E-state index in [9.17, 15) is 0 Å². The van der Waals surface area contributed by atoms with Crippen molar-refractivity contribution in [1.29, 1.82) is 0 Å². The molecule has 0 unspecified atom stereocenters. The Kier molecular flexibility index (Phi) is 12.8. The van der Waals surface area contributed by atoms with E-state index in [-0.39, 0.29) is 35.9 Å². The van der Waals surface area contributed by atoms with Crippen molar-refractivity contribution < 1.29 is 17.1 Å². The van der Waals surface area contributed by atoms with Crippen molar-refractivity contribution in [2.24, 2.45) is 0 Å².